The highest BCUT2D eigenvalue weighted by Crippen LogP contribution is 2.34. The summed E-state index contributed by atoms with van der Waals surface area (Å²) in [5.41, 5.74) is 5.92. The van der Waals surface area contributed by atoms with E-state index in [1.54, 1.807) is 18.2 Å². The lowest BCUT2D eigenvalue weighted by atomic mass is 10.1. The van der Waals surface area contributed by atoms with Gasteiger partial charge in [0.1, 0.15) is 23.3 Å². The quantitative estimate of drug-likeness (QED) is 0.761. The van der Waals surface area contributed by atoms with E-state index in [0.717, 1.165) is 12.0 Å². The van der Waals surface area contributed by atoms with Gasteiger partial charge in [0, 0.05) is 10.8 Å². The Morgan fingerprint density at radius 2 is 2.04 bits per heavy atom. The summed E-state index contributed by atoms with van der Waals surface area (Å²) in [6.45, 7) is 2.03. The van der Waals surface area contributed by atoms with E-state index in [9.17, 15) is 15.2 Å². The maximum Gasteiger partial charge on any atom is 0.271 e. The van der Waals surface area contributed by atoms with Gasteiger partial charge in [0.05, 0.1) is 0 Å². The minimum atomic E-state index is -0.895. The molecule has 0 atom stereocenters. The summed E-state index contributed by atoms with van der Waals surface area (Å²) in [5, 5.41) is 20.2. The second-order valence-electron chi connectivity index (χ2n) is 5.40. The Balaban J connectivity index is 2.13. The minimum absolute atomic E-state index is 0.00386. The zero-order chi connectivity index (χ0) is 18.0. The molecule has 0 fully saturated rings. The SMILES string of the molecule is CCc1ccccc1Oc1ccc2c(O)c(C(N)=O)nc(C#N)c2c1. The monoisotopic (exact) mass is 333 g/mol. The molecule has 1 aromatic heterocycles. The van der Waals surface area contributed by atoms with Crippen molar-refractivity contribution in [3.63, 3.8) is 0 Å². The molecule has 124 valence electrons. The molecular weight excluding hydrogens is 318 g/mol. The van der Waals surface area contributed by atoms with Crippen molar-refractivity contribution in [2.75, 3.05) is 0 Å². The van der Waals surface area contributed by atoms with Crippen LogP contribution in [0, 0.1) is 11.3 Å². The van der Waals surface area contributed by atoms with Gasteiger partial charge in [-0.2, -0.15) is 5.26 Å². The molecule has 1 heterocycles. The Kier molecular flexibility index (Phi) is 4.23. The van der Waals surface area contributed by atoms with Crippen molar-refractivity contribution >= 4 is 16.7 Å². The number of primary amides is 1. The van der Waals surface area contributed by atoms with E-state index < -0.39 is 5.91 Å². The summed E-state index contributed by atoms with van der Waals surface area (Å²) in [5.74, 6) is -0.0261. The first-order chi connectivity index (χ1) is 12.0. The summed E-state index contributed by atoms with van der Waals surface area (Å²) >= 11 is 0. The molecule has 6 nitrogen and oxygen atoms in total. The van der Waals surface area contributed by atoms with E-state index in [0.29, 0.717) is 22.3 Å². The standard InChI is InChI=1S/C19H15N3O3/c1-2-11-5-3-4-6-16(11)25-12-7-8-13-14(9-12)15(10-20)22-17(18(13)23)19(21)24/h3-9,23H,2H2,1H3,(H2,21,24). The first-order valence-electron chi connectivity index (χ1n) is 7.67. The van der Waals surface area contributed by atoms with Crippen LogP contribution in [-0.2, 0) is 6.42 Å². The van der Waals surface area contributed by atoms with Gasteiger partial charge in [-0.15, -0.1) is 0 Å². The number of benzene rings is 2. The Morgan fingerprint density at radius 3 is 2.72 bits per heavy atom. The predicted octanol–water partition coefficient (Wildman–Crippen LogP) is 3.27. The summed E-state index contributed by atoms with van der Waals surface area (Å²) in [6.07, 6.45) is 0.817. The van der Waals surface area contributed by atoms with Gasteiger partial charge in [0.25, 0.3) is 5.91 Å². The van der Waals surface area contributed by atoms with Crippen LogP contribution in [0.2, 0.25) is 0 Å². The van der Waals surface area contributed by atoms with Gasteiger partial charge in [0.15, 0.2) is 11.4 Å². The molecule has 6 heteroatoms. The third-order valence-electron chi connectivity index (χ3n) is 3.87. The molecule has 0 saturated carbocycles. The summed E-state index contributed by atoms with van der Waals surface area (Å²) in [7, 11) is 0. The van der Waals surface area contributed by atoms with Gasteiger partial charge in [-0.05, 0) is 36.2 Å². The molecule has 3 aromatic rings. The first-order valence-corrected chi connectivity index (χ1v) is 7.67. The molecule has 0 aliphatic rings. The average Bonchev–Trinajstić information content (AvgIpc) is 2.62. The predicted molar refractivity (Wildman–Crippen MR) is 92.5 cm³/mol. The molecule has 0 aliphatic heterocycles. The van der Waals surface area contributed by atoms with Crippen molar-refractivity contribution in [3.05, 3.63) is 59.4 Å². The molecule has 0 radical (unpaired) electrons. The van der Waals surface area contributed by atoms with Crippen LogP contribution in [0.3, 0.4) is 0 Å². The van der Waals surface area contributed by atoms with Crippen LogP contribution in [-0.4, -0.2) is 16.0 Å². The number of nitrogens with two attached hydrogens (primary N) is 1. The summed E-state index contributed by atoms with van der Waals surface area (Å²) in [4.78, 5) is 15.2. The number of para-hydroxylation sites is 1. The van der Waals surface area contributed by atoms with Crippen molar-refractivity contribution < 1.29 is 14.6 Å². The number of hydrogen-bond donors (Lipinski definition) is 2. The second-order valence-corrected chi connectivity index (χ2v) is 5.40. The zero-order valence-electron chi connectivity index (χ0n) is 13.5. The highest BCUT2D eigenvalue weighted by molar-refractivity contribution is 6.02. The number of aryl methyl sites for hydroxylation is 1. The second kappa shape index (κ2) is 6.49. The molecule has 0 aliphatic carbocycles. The van der Waals surface area contributed by atoms with Crippen LogP contribution in [0.4, 0.5) is 0 Å². The van der Waals surface area contributed by atoms with Gasteiger partial charge in [0.2, 0.25) is 0 Å². The molecule has 2 aromatic carbocycles. The Bertz CT molecular complexity index is 1020. The maximum absolute atomic E-state index is 11.4. The molecule has 3 rings (SSSR count). The highest BCUT2D eigenvalue weighted by atomic mass is 16.5. The number of hydrogen-bond acceptors (Lipinski definition) is 5. The molecular formula is C19H15N3O3. The molecule has 0 unspecified atom stereocenters. The smallest absolute Gasteiger partial charge is 0.271 e. The van der Waals surface area contributed by atoms with Crippen LogP contribution in [0.5, 0.6) is 17.2 Å². The third-order valence-corrected chi connectivity index (χ3v) is 3.87. The molecule has 0 spiro atoms. The number of fused-ring (bicyclic) bond motifs is 1. The molecule has 1 amide bonds. The number of pyridine rings is 1. The number of carbonyl (C=O) groups is 1. The van der Waals surface area contributed by atoms with Gasteiger partial charge in [-0.1, -0.05) is 25.1 Å². The zero-order valence-corrected chi connectivity index (χ0v) is 13.5. The van der Waals surface area contributed by atoms with E-state index in [4.69, 9.17) is 10.5 Å². The number of ether oxygens (including phenoxy) is 1. The van der Waals surface area contributed by atoms with Crippen LogP contribution >= 0.6 is 0 Å². The third kappa shape index (κ3) is 2.95. The van der Waals surface area contributed by atoms with Crippen LogP contribution < -0.4 is 10.5 Å². The molecule has 0 bridgehead atoms. The normalized spacial score (nSPS) is 10.4. The molecule has 0 saturated heterocycles. The van der Waals surface area contributed by atoms with Crippen molar-refractivity contribution in [2.45, 2.75) is 13.3 Å². The number of carbonyl (C=O) groups excluding carboxylic acids is 1. The number of aromatic nitrogens is 1. The van der Waals surface area contributed by atoms with Crippen LogP contribution in [0.15, 0.2) is 42.5 Å². The number of nitriles is 1. The summed E-state index contributed by atoms with van der Waals surface area (Å²) < 4.78 is 5.92. The van der Waals surface area contributed by atoms with Gasteiger partial charge in [-0.3, -0.25) is 4.79 Å². The Hall–Kier alpha value is -3.59. The van der Waals surface area contributed by atoms with Crippen molar-refractivity contribution in [1.29, 1.82) is 5.26 Å². The fraction of sp³-hybridized carbons (Fsp3) is 0.105. The topological polar surface area (TPSA) is 109 Å². The number of nitrogens with zero attached hydrogens (tertiary/aromatic N) is 2. The first kappa shape index (κ1) is 16.3. The fourth-order valence-corrected chi connectivity index (χ4v) is 2.62. The minimum Gasteiger partial charge on any atom is -0.505 e. The van der Waals surface area contributed by atoms with E-state index in [-0.39, 0.29) is 17.1 Å². The van der Waals surface area contributed by atoms with Gasteiger partial charge >= 0.3 is 0 Å². The van der Waals surface area contributed by atoms with E-state index in [1.807, 2.05) is 37.3 Å². The summed E-state index contributed by atoms with van der Waals surface area (Å²) in [6, 6.07) is 14.4. The number of aromatic hydroxyl groups is 1. The van der Waals surface area contributed by atoms with Crippen molar-refractivity contribution in [1.82, 2.24) is 4.98 Å². The van der Waals surface area contributed by atoms with Gasteiger partial charge in [-0.25, -0.2) is 4.98 Å². The molecule has 3 N–H and O–H groups in total. The van der Waals surface area contributed by atoms with Crippen molar-refractivity contribution in [3.8, 4) is 23.3 Å². The fourth-order valence-electron chi connectivity index (χ4n) is 2.62. The lowest BCUT2D eigenvalue weighted by Crippen LogP contribution is -2.14. The molecule has 25 heavy (non-hydrogen) atoms. The Morgan fingerprint density at radius 1 is 1.28 bits per heavy atom. The van der Waals surface area contributed by atoms with Crippen molar-refractivity contribution in [2.24, 2.45) is 5.73 Å². The largest absolute Gasteiger partial charge is 0.505 e. The van der Waals surface area contributed by atoms with E-state index in [1.165, 1.54) is 0 Å². The van der Waals surface area contributed by atoms with E-state index in [2.05, 4.69) is 4.98 Å². The van der Waals surface area contributed by atoms with Crippen LogP contribution in [0.1, 0.15) is 28.7 Å². The maximum atomic E-state index is 11.4. The average molecular weight is 333 g/mol. The van der Waals surface area contributed by atoms with Crippen LogP contribution in [0.25, 0.3) is 10.8 Å². The Labute approximate surface area is 144 Å². The number of amides is 1. The highest BCUT2D eigenvalue weighted by Gasteiger charge is 2.17. The number of rotatable bonds is 4. The lowest BCUT2D eigenvalue weighted by molar-refractivity contribution is 0.0993. The van der Waals surface area contributed by atoms with E-state index >= 15 is 0 Å². The van der Waals surface area contributed by atoms with Gasteiger partial charge < -0.3 is 15.6 Å². The lowest BCUT2D eigenvalue weighted by Gasteiger charge is -2.12.